The molecule has 0 fully saturated rings. The molecule has 1 aromatic rings. The Bertz CT molecular complexity index is 438. The smallest absolute Gasteiger partial charge is 0.123 e. The first-order valence-electron chi connectivity index (χ1n) is 6.06. The summed E-state index contributed by atoms with van der Waals surface area (Å²) in [5, 5.41) is 10.1. The van der Waals surface area contributed by atoms with Crippen molar-refractivity contribution in [2.75, 3.05) is 0 Å². The minimum Gasteiger partial charge on any atom is -0.487 e. The summed E-state index contributed by atoms with van der Waals surface area (Å²) < 4.78 is 5.86. The van der Waals surface area contributed by atoms with Gasteiger partial charge in [-0.25, -0.2) is 0 Å². The first-order valence-corrected chi connectivity index (χ1v) is 6.06. The third-order valence-corrected chi connectivity index (χ3v) is 3.27. The van der Waals surface area contributed by atoms with E-state index in [4.69, 9.17) is 10.5 Å². The molecular weight excluding hydrogens is 214 g/mol. The van der Waals surface area contributed by atoms with E-state index in [9.17, 15) is 5.11 Å². The van der Waals surface area contributed by atoms with Crippen molar-refractivity contribution in [2.45, 2.75) is 51.9 Å². The molecule has 2 atom stereocenters. The van der Waals surface area contributed by atoms with Gasteiger partial charge in [0, 0.05) is 12.5 Å². The van der Waals surface area contributed by atoms with Crippen LogP contribution in [0.4, 0.5) is 0 Å². The Morgan fingerprint density at radius 1 is 1.41 bits per heavy atom. The Morgan fingerprint density at radius 3 is 2.65 bits per heavy atom. The maximum atomic E-state index is 10.1. The summed E-state index contributed by atoms with van der Waals surface area (Å²) in [5.41, 5.74) is 8.72. The topological polar surface area (TPSA) is 55.5 Å². The number of aliphatic hydroxyl groups is 1. The number of fused-ring (bicyclic) bond motifs is 1. The van der Waals surface area contributed by atoms with Crippen LogP contribution in [0.15, 0.2) is 12.1 Å². The van der Waals surface area contributed by atoms with Crippen molar-refractivity contribution in [3.8, 4) is 5.75 Å². The van der Waals surface area contributed by atoms with Gasteiger partial charge in [-0.05, 0) is 56.5 Å². The number of hydrogen-bond acceptors (Lipinski definition) is 3. The van der Waals surface area contributed by atoms with Crippen LogP contribution in [0.3, 0.4) is 0 Å². The summed E-state index contributed by atoms with van der Waals surface area (Å²) in [4.78, 5) is 0. The second kappa shape index (κ2) is 4.00. The average Bonchev–Trinajstić information content (AvgIpc) is 2.48. The molecule has 0 radical (unpaired) electrons. The van der Waals surface area contributed by atoms with Crippen LogP contribution in [-0.2, 0) is 6.42 Å². The number of benzene rings is 1. The molecule has 1 aliphatic rings. The molecule has 0 aliphatic carbocycles. The van der Waals surface area contributed by atoms with Crippen LogP contribution >= 0.6 is 0 Å². The van der Waals surface area contributed by atoms with E-state index < -0.39 is 6.10 Å². The number of aryl methyl sites for hydroxylation is 1. The fraction of sp³-hybridized carbons (Fsp3) is 0.571. The number of aliphatic hydroxyl groups excluding tert-OH is 1. The van der Waals surface area contributed by atoms with Crippen molar-refractivity contribution in [2.24, 2.45) is 5.73 Å². The molecule has 94 valence electrons. The van der Waals surface area contributed by atoms with E-state index in [1.54, 1.807) is 0 Å². The number of rotatable bonds is 2. The van der Waals surface area contributed by atoms with Crippen molar-refractivity contribution < 1.29 is 9.84 Å². The van der Waals surface area contributed by atoms with Gasteiger partial charge in [0.2, 0.25) is 0 Å². The maximum absolute atomic E-state index is 10.1. The summed E-state index contributed by atoms with van der Waals surface area (Å²) in [6, 6.07) is 3.78. The van der Waals surface area contributed by atoms with Gasteiger partial charge in [0.25, 0.3) is 0 Å². The van der Waals surface area contributed by atoms with Crippen LogP contribution in [0.2, 0.25) is 0 Å². The highest BCUT2D eigenvalue weighted by Crippen LogP contribution is 2.38. The molecule has 2 unspecified atom stereocenters. The molecule has 3 nitrogen and oxygen atoms in total. The second-order valence-electron chi connectivity index (χ2n) is 5.66. The highest BCUT2D eigenvalue weighted by molar-refractivity contribution is 5.46. The predicted octanol–water partition coefficient (Wildman–Crippen LogP) is 2.09. The zero-order valence-corrected chi connectivity index (χ0v) is 10.9. The molecule has 0 bridgehead atoms. The third-order valence-electron chi connectivity index (χ3n) is 3.27. The number of nitrogens with two attached hydrogens (primary N) is 1. The number of ether oxygens (including phenoxy) is 1. The molecule has 3 N–H and O–H groups in total. The summed E-state index contributed by atoms with van der Waals surface area (Å²) in [6.07, 6.45) is 0.269. The molecule has 2 rings (SSSR count). The van der Waals surface area contributed by atoms with Gasteiger partial charge in [-0.1, -0.05) is 0 Å². The van der Waals surface area contributed by atoms with Gasteiger partial charge in [-0.15, -0.1) is 0 Å². The van der Waals surface area contributed by atoms with Gasteiger partial charge in [0.05, 0.1) is 6.10 Å². The van der Waals surface area contributed by atoms with Crippen molar-refractivity contribution in [1.82, 2.24) is 0 Å². The third kappa shape index (κ3) is 2.31. The monoisotopic (exact) mass is 235 g/mol. The summed E-state index contributed by atoms with van der Waals surface area (Å²) in [7, 11) is 0. The minimum atomic E-state index is -0.607. The number of hydrogen-bond donors (Lipinski definition) is 2. The van der Waals surface area contributed by atoms with Crippen LogP contribution < -0.4 is 10.5 Å². The first-order chi connectivity index (χ1) is 7.80. The van der Waals surface area contributed by atoms with Crippen LogP contribution in [-0.4, -0.2) is 16.7 Å². The van der Waals surface area contributed by atoms with Crippen LogP contribution in [0, 0.1) is 6.92 Å². The Labute approximate surface area is 103 Å². The fourth-order valence-corrected chi connectivity index (χ4v) is 2.37. The molecule has 1 aliphatic heterocycles. The summed E-state index contributed by atoms with van der Waals surface area (Å²) in [5.74, 6) is 0.938. The summed E-state index contributed by atoms with van der Waals surface area (Å²) >= 11 is 0. The van der Waals surface area contributed by atoms with Crippen molar-refractivity contribution in [1.29, 1.82) is 0 Å². The van der Waals surface area contributed by atoms with Gasteiger partial charge in [0.1, 0.15) is 11.4 Å². The predicted molar refractivity (Wildman–Crippen MR) is 68.2 cm³/mol. The zero-order chi connectivity index (χ0) is 12.8. The molecule has 0 spiro atoms. The Kier molecular flexibility index (Phi) is 2.92. The molecule has 1 heterocycles. The van der Waals surface area contributed by atoms with Crippen LogP contribution in [0.5, 0.6) is 5.75 Å². The van der Waals surface area contributed by atoms with Gasteiger partial charge in [-0.3, -0.25) is 0 Å². The lowest BCUT2D eigenvalue weighted by Crippen LogP contribution is -2.25. The van der Waals surface area contributed by atoms with E-state index in [0.29, 0.717) is 0 Å². The lowest BCUT2D eigenvalue weighted by Gasteiger charge is -2.18. The van der Waals surface area contributed by atoms with Gasteiger partial charge in [0.15, 0.2) is 0 Å². The Morgan fingerprint density at radius 2 is 2.06 bits per heavy atom. The van der Waals surface area contributed by atoms with Gasteiger partial charge in [-0.2, -0.15) is 0 Å². The normalized spacial score (nSPS) is 20.6. The standard InChI is InChI=1S/C14H21NO2/c1-8-5-12-10(7-14(3,4)17-12)6-11(8)13(16)9(2)15/h5-6,9,13,16H,7,15H2,1-4H3. The molecule has 0 aromatic heterocycles. The molecule has 1 aromatic carbocycles. The van der Waals surface area contributed by atoms with E-state index in [0.717, 1.165) is 28.9 Å². The van der Waals surface area contributed by atoms with E-state index in [2.05, 4.69) is 13.8 Å². The van der Waals surface area contributed by atoms with Crippen LogP contribution in [0.25, 0.3) is 0 Å². The quantitative estimate of drug-likeness (QED) is 0.825. The molecule has 0 amide bonds. The van der Waals surface area contributed by atoms with Crippen molar-refractivity contribution in [3.05, 3.63) is 28.8 Å². The van der Waals surface area contributed by atoms with Crippen molar-refractivity contribution in [3.63, 3.8) is 0 Å². The molecule has 0 saturated heterocycles. The highest BCUT2D eigenvalue weighted by Gasteiger charge is 2.31. The summed E-state index contributed by atoms with van der Waals surface area (Å²) in [6.45, 7) is 7.95. The lowest BCUT2D eigenvalue weighted by atomic mass is 9.94. The SMILES string of the molecule is Cc1cc2c(cc1C(O)C(C)N)CC(C)(C)O2. The molecule has 17 heavy (non-hydrogen) atoms. The Balaban J connectivity index is 2.40. The van der Waals surface area contributed by atoms with Gasteiger partial charge < -0.3 is 15.6 Å². The van der Waals surface area contributed by atoms with Gasteiger partial charge >= 0.3 is 0 Å². The van der Waals surface area contributed by atoms with E-state index in [-0.39, 0.29) is 11.6 Å². The van der Waals surface area contributed by atoms with E-state index in [1.165, 1.54) is 0 Å². The minimum absolute atomic E-state index is 0.146. The zero-order valence-electron chi connectivity index (χ0n) is 10.9. The fourth-order valence-electron chi connectivity index (χ4n) is 2.37. The van der Waals surface area contributed by atoms with E-state index >= 15 is 0 Å². The maximum Gasteiger partial charge on any atom is 0.123 e. The lowest BCUT2D eigenvalue weighted by molar-refractivity contribution is 0.138. The molecular formula is C14H21NO2. The first kappa shape index (κ1) is 12.4. The van der Waals surface area contributed by atoms with Crippen molar-refractivity contribution >= 4 is 0 Å². The molecule has 3 heteroatoms. The van der Waals surface area contributed by atoms with Crippen LogP contribution in [0.1, 0.15) is 43.6 Å². The largest absolute Gasteiger partial charge is 0.487 e. The molecule has 0 saturated carbocycles. The highest BCUT2D eigenvalue weighted by atomic mass is 16.5. The van der Waals surface area contributed by atoms with E-state index in [1.807, 2.05) is 26.0 Å². The average molecular weight is 235 g/mol. The Hall–Kier alpha value is -1.06. The second-order valence-corrected chi connectivity index (χ2v) is 5.66.